The number of nitrogens with zero attached hydrogens (tertiary/aromatic N) is 2. The van der Waals surface area contributed by atoms with Crippen LogP contribution >= 0.6 is 0 Å². The highest BCUT2D eigenvalue weighted by atomic mass is 19.1. The third kappa shape index (κ3) is 4.62. The van der Waals surface area contributed by atoms with E-state index in [-0.39, 0.29) is 36.3 Å². The summed E-state index contributed by atoms with van der Waals surface area (Å²) < 4.78 is 39.1. The number of hydrogen-bond donors (Lipinski definition) is 0. The van der Waals surface area contributed by atoms with Crippen LogP contribution < -0.4 is 9.47 Å². The van der Waals surface area contributed by atoms with Crippen molar-refractivity contribution in [3.8, 4) is 11.5 Å². The van der Waals surface area contributed by atoms with Crippen molar-refractivity contribution in [3.05, 3.63) is 59.2 Å². The fraction of sp³-hybridized carbons (Fsp3) is 0.391. The van der Waals surface area contributed by atoms with Gasteiger partial charge in [-0.3, -0.25) is 9.59 Å². The monoisotopic (exact) mass is 432 g/mol. The molecule has 1 aliphatic heterocycles. The zero-order valence-corrected chi connectivity index (χ0v) is 18.0. The first-order valence-corrected chi connectivity index (χ1v) is 10.1. The van der Waals surface area contributed by atoms with Crippen molar-refractivity contribution in [1.82, 2.24) is 9.80 Å². The van der Waals surface area contributed by atoms with Crippen LogP contribution in [0.3, 0.4) is 0 Å². The molecule has 2 aromatic carbocycles. The summed E-state index contributed by atoms with van der Waals surface area (Å²) in [7, 11) is 1.42. The molecule has 0 radical (unpaired) electrons. The van der Waals surface area contributed by atoms with Gasteiger partial charge in [0.05, 0.1) is 24.8 Å². The Bertz CT molecular complexity index is 970. The van der Waals surface area contributed by atoms with Gasteiger partial charge in [-0.05, 0) is 45.0 Å². The molecule has 166 valence electrons. The van der Waals surface area contributed by atoms with Gasteiger partial charge in [-0.1, -0.05) is 0 Å². The molecule has 31 heavy (non-hydrogen) atoms. The molecule has 2 aromatic rings. The molecular weight excluding hydrogens is 406 g/mol. The van der Waals surface area contributed by atoms with Gasteiger partial charge in [0.15, 0.2) is 0 Å². The minimum absolute atomic E-state index is 0.0520. The molecule has 0 unspecified atom stereocenters. The van der Waals surface area contributed by atoms with Crippen LogP contribution in [0.25, 0.3) is 0 Å². The van der Waals surface area contributed by atoms with Gasteiger partial charge in [0.25, 0.3) is 11.8 Å². The van der Waals surface area contributed by atoms with Gasteiger partial charge in [0, 0.05) is 37.3 Å². The lowest BCUT2D eigenvalue weighted by Crippen LogP contribution is -2.60. The third-order valence-electron chi connectivity index (χ3n) is 5.33. The molecule has 0 saturated carbocycles. The zero-order valence-electron chi connectivity index (χ0n) is 18.0. The van der Waals surface area contributed by atoms with E-state index >= 15 is 0 Å². The van der Waals surface area contributed by atoms with E-state index in [0.29, 0.717) is 18.1 Å². The van der Waals surface area contributed by atoms with Crippen molar-refractivity contribution < 1.29 is 27.8 Å². The first-order chi connectivity index (χ1) is 14.8. The molecule has 2 atom stereocenters. The summed E-state index contributed by atoms with van der Waals surface area (Å²) >= 11 is 0. The molecule has 0 bridgehead atoms. The van der Waals surface area contributed by atoms with E-state index < -0.39 is 23.4 Å². The summed E-state index contributed by atoms with van der Waals surface area (Å²) in [6.07, 6.45) is 0. The predicted octanol–water partition coefficient (Wildman–Crippen LogP) is 3.75. The van der Waals surface area contributed by atoms with Crippen molar-refractivity contribution in [3.63, 3.8) is 0 Å². The van der Waals surface area contributed by atoms with Crippen molar-refractivity contribution in [2.75, 3.05) is 26.8 Å². The molecule has 0 aliphatic carbocycles. The third-order valence-corrected chi connectivity index (χ3v) is 5.33. The van der Waals surface area contributed by atoms with Gasteiger partial charge < -0.3 is 19.3 Å². The quantitative estimate of drug-likeness (QED) is 0.722. The van der Waals surface area contributed by atoms with E-state index in [1.165, 1.54) is 36.3 Å². The van der Waals surface area contributed by atoms with Gasteiger partial charge in [0.2, 0.25) is 0 Å². The van der Waals surface area contributed by atoms with Crippen LogP contribution in [0.5, 0.6) is 11.5 Å². The van der Waals surface area contributed by atoms with Gasteiger partial charge in [-0.2, -0.15) is 0 Å². The highest BCUT2D eigenvalue weighted by Gasteiger charge is 2.36. The summed E-state index contributed by atoms with van der Waals surface area (Å²) in [6.45, 7) is 6.16. The molecule has 2 amide bonds. The number of piperazine rings is 1. The highest BCUT2D eigenvalue weighted by molar-refractivity contribution is 5.97. The van der Waals surface area contributed by atoms with Crippen LogP contribution in [0.15, 0.2) is 36.4 Å². The number of rotatable bonds is 5. The van der Waals surface area contributed by atoms with Crippen molar-refractivity contribution in [2.45, 2.75) is 32.9 Å². The molecule has 0 spiro atoms. The Balaban J connectivity index is 1.76. The number of ether oxygens (including phenoxy) is 2. The summed E-state index contributed by atoms with van der Waals surface area (Å²) in [6, 6.07) is 7.47. The Morgan fingerprint density at radius 1 is 0.935 bits per heavy atom. The minimum Gasteiger partial charge on any atom is -0.497 e. The number of hydrogen-bond acceptors (Lipinski definition) is 4. The minimum atomic E-state index is -0.668. The van der Waals surface area contributed by atoms with E-state index in [1.54, 1.807) is 31.7 Å². The maximum atomic E-state index is 14.5. The highest BCUT2D eigenvalue weighted by Crippen LogP contribution is 2.25. The second-order valence-corrected chi connectivity index (χ2v) is 7.54. The molecule has 8 heteroatoms. The summed E-state index contributed by atoms with van der Waals surface area (Å²) in [4.78, 5) is 29.0. The standard InChI is InChI=1S/C23H26F2N2O4/c1-5-31-17-7-9-18(21(25)11-17)22(28)26-12-14(2)27(15(3)13-26)23(29)19-8-6-16(30-4)10-20(19)24/h6-11,14-15H,5,12-13H2,1-4H3/t14-,15-/m1/s1. The second kappa shape index (κ2) is 9.32. The smallest absolute Gasteiger partial charge is 0.257 e. The lowest BCUT2D eigenvalue weighted by Gasteiger charge is -2.44. The first-order valence-electron chi connectivity index (χ1n) is 10.1. The molecule has 3 rings (SSSR count). The Morgan fingerprint density at radius 3 is 1.97 bits per heavy atom. The van der Waals surface area contributed by atoms with Gasteiger partial charge >= 0.3 is 0 Å². The average molecular weight is 432 g/mol. The predicted molar refractivity (Wildman–Crippen MR) is 112 cm³/mol. The Hall–Kier alpha value is -3.16. The van der Waals surface area contributed by atoms with Crippen LogP contribution in [0.4, 0.5) is 8.78 Å². The van der Waals surface area contributed by atoms with Crippen molar-refractivity contribution in [1.29, 1.82) is 0 Å². The van der Waals surface area contributed by atoms with Crippen LogP contribution in [0.2, 0.25) is 0 Å². The average Bonchev–Trinajstić information content (AvgIpc) is 2.72. The largest absolute Gasteiger partial charge is 0.497 e. The maximum Gasteiger partial charge on any atom is 0.257 e. The molecule has 1 aliphatic rings. The van der Waals surface area contributed by atoms with E-state index in [4.69, 9.17) is 9.47 Å². The first kappa shape index (κ1) is 22.5. The molecule has 1 heterocycles. The fourth-order valence-electron chi connectivity index (χ4n) is 3.92. The lowest BCUT2D eigenvalue weighted by atomic mass is 10.0. The van der Waals surface area contributed by atoms with E-state index in [2.05, 4.69) is 0 Å². The van der Waals surface area contributed by atoms with Crippen molar-refractivity contribution in [2.24, 2.45) is 0 Å². The Kier molecular flexibility index (Phi) is 6.77. The normalized spacial score (nSPS) is 18.6. The SMILES string of the molecule is CCOc1ccc(C(=O)N2C[C@@H](C)N(C(=O)c3ccc(OC)cc3F)[C@H](C)C2)c(F)c1. The zero-order chi connectivity index (χ0) is 22.7. The number of halogens is 2. The van der Waals surface area contributed by atoms with Gasteiger partial charge in [-0.15, -0.1) is 0 Å². The molecule has 1 saturated heterocycles. The molecule has 6 nitrogen and oxygen atoms in total. The summed E-state index contributed by atoms with van der Waals surface area (Å²) in [5.41, 5.74) is -0.110. The van der Waals surface area contributed by atoms with E-state index in [1.807, 2.05) is 0 Å². The number of carbonyl (C=O) groups excluding carboxylic acids is 2. The Morgan fingerprint density at radius 2 is 1.45 bits per heavy atom. The fourth-order valence-corrected chi connectivity index (χ4v) is 3.92. The second-order valence-electron chi connectivity index (χ2n) is 7.54. The molecule has 0 aromatic heterocycles. The van der Waals surface area contributed by atoms with Crippen LogP contribution in [0.1, 0.15) is 41.5 Å². The summed E-state index contributed by atoms with van der Waals surface area (Å²) in [5.74, 6) is -1.56. The van der Waals surface area contributed by atoms with Crippen molar-refractivity contribution >= 4 is 11.8 Å². The Labute approximate surface area is 180 Å². The molecule has 1 fully saturated rings. The number of carbonyl (C=O) groups is 2. The van der Waals surface area contributed by atoms with Gasteiger partial charge in [0.1, 0.15) is 23.1 Å². The number of methoxy groups -OCH3 is 1. The van der Waals surface area contributed by atoms with Crippen LogP contribution in [-0.2, 0) is 0 Å². The van der Waals surface area contributed by atoms with Crippen LogP contribution in [-0.4, -0.2) is 60.5 Å². The van der Waals surface area contributed by atoms with Gasteiger partial charge in [-0.25, -0.2) is 8.78 Å². The topological polar surface area (TPSA) is 59.1 Å². The van der Waals surface area contributed by atoms with E-state index in [9.17, 15) is 18.4 Å². The van der Waals surface area contributed by atoms with E-state index in [0.717, 1.165) is 6.07 Å². The number of amides is 2. The van der Waals surface area contributed by atoms with Crippen LogP contribution in [0, 0.1) is 11.6 Å². The molecule has 0 N–H and O–H groups in total. The number of benzene rings is 2. The maximum absolute atomic E-state index is 14.5. The summed E-state index contributed by atoms with van der Waals surface area (Å²) in [5, 5.41) is 0. The molecular formula is C23H26F2N2O4. The lowest BCUT2D eigenvalue weighted by molar-refractivity contribution is 0.0249.